The van der Waals surface area contributed by atoms with Crippen LogP contribution in [0.4, 0.5) is 0 Å². The predicted octanol–water partition coefficient (Wildman–Crippen LogP) is 5.38. The van der Waals surface area contributed by atoms with Crippen LogP contribution in [-0.2, 0) is 11.2 Å². The first-order chi connectivity index (χ1) is 9.79. The van der Waals surface area contributed by atoms with Crippen LogP contribution >= 0.6 is 0 Å². The molecule has 0 bridgehead atoms. The number of ketones is 1. The Balaban J connectivity index is 2.08. The minimum atomic E-state index is 0.0660. The Morgan fingerprint density at radius 2 is 1.76 bits per heavy atom. The van der Waals surface area contributed by atoms with Gasteiger partial charge in [-0.25, -0.2) is 0 Å². The molecule has 0 heterocycles. The molecule has 0 N–H and O–H groups in total. The van der Waals surface area contributed by atoms with E-state index in [0.29, 0.717) is 17.6 Å². The summed E-state index contributed by atoms with van der Waals surface area (Å²) in [7, 11) is 0. The third-order valence-corrected chi connectivity index (χ3v) is 5.14. The zero-order chi connectivity index (χ0) is 15.6. The lowest BCUT2D eigenvalue weighted by Gasteiger charge is -2.37. The molecule has 1 nitrogen and oxygen atoms in total. The fourth-order valence-electron chi connectivity index (χ4n) is 3.70. The number of hydrogen-bond acceptors (Lipinski definition) is 1. The second-order valence-electron chi connectivity index (χ2n) is 7.97. The third kappa shape index (κ3) is 3.96. The Morgan fingerprint density at radius 3 is 2.29 bits per heavy atom. The van der Waals surface area contributed by atoms with Crippen LogP contribution in [0.2, 0.25) is 0 Å². The highest BCUT2D eigenvalue weighted by Crippen LogP contribution is 2.40. The first kappa shape index (κ1) is 16.3. The molecule has 1 aliphatic rings. The van der Waals surface area contributed by atoms with Crippen molar-refractivity contribution < 1.29 is 4.79 Å². The first-order valence-electron chi connectivity index (χ1n) is 8.41. The van der Waals surface area contributed by atoms with Crippen molar-refractivity contribution in [2.45, 2.75) is 66.2 Å². The van der Waals surface area contributed by atoms with Gasteiger partial charge in [0.1, 0.15) is 5.78 Å². The SMILES string of the molecule is CC1CCC(C(C)(C)Cc2ccc(C(C)C)cc2)C(=O)C1. The fourth-order valence-corrected chi connectivity index (χ4v) is 3.70. The second-order valence-corrected chi connectivity index (χ2v) is 7.97. The zero-order valence-corrected chi connectivity index (χ0v) is 14.3. The van der Waals surface area contributed by atoms with E-state index < -0.39 is 0 Å². The Morgan fingerprint density at radius 1 is 1.14 bits per heavy atom. The van der Waals surface area contributed by atoms with Crippen molar-refractivity contribution in [3.8, 4) is 0 Å². The van der Waals surface area contributed by atoms with E-state index in [0.717, 1.165) is 19.3 Å². The lowest BCUT2D eigenvalue weighted by atomic mass is 9.66. The summed E-state index contributed by atoms with van der Waals surface area (Å²) < 4.78 is 0. The maximum Gasteiger partial charge on any atom is 0.136 e. The Bertz CT molecular complexity index is 481. The molecule has 0 amide bonds. The highest BCUT2D eigenvalue weighted by molar-refractivity contribution is 5.82. The van der Waals surface area contributed by atoms with Gasteiger partial charge in [-0.05, 0) is 47.6 Å². The molecular formula is C20H30O. The molecule has 0 aliphatic heterocycles. The van der Waals surface area contributed by atoms with Crippen LogP contribution in [0.1, 0.15) is 70.9 Å². The van der Waals surface area contributed by atoms with E-state index >= 15 is 0 Å². The molecule has 2 rings (SSSR count). The summed E-state index contributed by atoms with van der Waals surface area (Å²) in [5, 5.41) is 0. The summed E-state index contributed by atoms with van der Waals surface area (Å²) in [6.45, 7) is 11.2. The molecule has 1 saturated carbocycles. The van der Waals surface area contributed by atoms with Gasteiger partial charge in [-0.15, -0.1) is 0 Å². The maximum absolute atomic E-state index is 12.4. The van der Waals surface area contributed by atoms with Crippen LogP contribution in [0, 0.1) is 17.3 Å². The van der Waals surface area contributed by atoms with Gasteiger partial charge in [-0.2, -0.15) is 0 Å². The first-order valence-corrected chi connectivity index (χ1v) is 8.41. The van der Waals surface area contributed by atoms with Gasteiger partial charge in [0.2, 0.25) is 0 Å². The van der Waals surface area contributed by atoms with Gasteiger partial charge < -0.3 is 0 Å². The van der Waals surface area contributed by atoms with E-state index in [1.54, 1.807) is 0 Å². The number of rotatable bonds is 4. The van der Waals surface area contributed by atoms with E-state index in [9.17, 15) is 4.79 Å². The van der Waals surface area contributed by atoms with Crippen molar-refractivity contribution in [1.82, 2.24) is 0 Å². The molecule has 1 fully saturated rings. The van der Waals surface area contributed by atoms with E-state index in [1.807, 2.05) is 0 Å². The van der Waals surface area contributed by atoms with Gasteiger partial charge in [-0.1, -0.05) is 58.9 Å². The number of carbonyl (C=O) groups is 1. The highest BCUT2D eigenvalue weighted by atomic mass is 16.1. The normalized spacial score (nSPS) is 23.6. The molecule has 0 radical (unpaired) electrons. The molecule has 2 unspecified atom stereocenters. The van der Waals surface area contributed by atoms with Crippen LogP contribution in [0.25, 0.3) is 0 Å². The molecule has 2 atom stereocenters. The highest BCUT2D eigenvalue weighted by Gasteiger charge is 2.37. The molecule has 0 spiro atoms. The van der Waals surface area contributed by atoms with Crippen LogP contribution in [0.5, 0.6) is 0 Å². The van der Waals surface area contributed by atoms with Crippen molar-refractivity contribution in [2.24, 2.45) is 17.3 Å². The Kier molecular flexibility index (Phi) is 4.91. The van der Waals surface area contributed by atoms with Gasteiger partial charge in [0.25, 0.3) is 0 Å². The lowest BCUT2D eigenvalue weighted by Crippen LogP contribution is -2.36. The van der Waals surface area contributed by atoms with Crippen molar-refractivity contribution in [1.29, 1.82) is 0 Å². The average Bonchev–Trinajstić information content (AvgIpc) is 2.38. The minimum Gasteiger partial charge on any atom is -0.299 e. The van der Waals surface area contributed by atoms with E-state index in [4.69, 9.17) is 0 Å². The van der Waals surface area contributed by atoms with Crippen molar-refractivity contribution in [2.75, 3.05) is 0 Å². The zero-order valence-electron chi connectivity index (χ0n) is 14.3. The largest absolute Gasteiger partial charge is 0.299 e. The lowest BCUT2D eigenvalue weighted by molar-refractivity contribution is -0.129. The summed E-state index contributed by atoms with van der Waals surface area (Å²) in [5.41, 5.74) is 2.81. The van der Waals surface area contributed by atoms with Crippen LogP contribution in [-0.4, -0.2) is 5.78 Å². The summed E-state index contributed by atoms with van der Waals surface area (Å²) in [6, 6.07) is 8.96. The topological polar surface area (TPSA) is 17.1 Å². The molecular weight excluding hydrogens is 256 g/mol. The van der Waals surface area contributed by atoms with E-state index in [-0.39, 0.29) is 11.3 Å². The third-order valence-electron chi connectivity index (χ3n) is 5.14. The van der Waals surface area contributed by atoms with E-state index in [1.165, 1.54) is 17.5 Å². The number of carbonyl (C=O) groups excluding carboxylic acids is 1. The summed E-state index contributed by atoms with van der Waals surface area (Å²) in [4.78, 5) is 12.4. The van der Waals surface area contributed by atoms with Crippen molar-refractivity contribution in [3.05, 3.63) is 35.4 Å². The molecule has 1 aromatic carbocycles. The standard InChI is InChI=1S/C20H30O/c1-14(2)17-9-7-16(8-10-17)13-20(4,5)18-11-6-15(3)12-19(18)21/h7-10,14-15,18H,6,11-13H2,1-5H3. The monoisotopic (exact) mass is 286 g/mol. The number of benzene rings is 1. The molecule has 1 heteroatoms. The molecule has 21 heavy (non-hydrogen) atoms. The molecule has 1 aromatic rings. The van der Waals surface area contributed by atoms with Gasteiger partial charge in [0.05, 0.1) is 0 Å². The smallest absolute Gasteiger partial charge is 0.136 e. The van der Waals surface area contributed by atoms with Crippen LogP contribution in [0.3, 0.4) is 0 Å². The summed E-state index contributed by atoms with van der Waals surface area (Å²) in [5.74, 6) is 1.87. The van der Waals surface area contributed by atoms with Gasteiger partial charge in [0, 0.05) is 12.3 Å². The molecule has 0 saturated heterocycles. The van der Waals surface area contributed by atoms with Crippen molar-refractivity contribution in [3.63, 3.8) is 0 Å². The van der Waals surface area contributed by atoms with Crippen LogP contribution in [0.15, 0.2) is 24.3 Å². The predicted molar refractivity (Wildman–Crippen MR) is 89.5 cm³/mol. The van der Waals surface area contributed by atoms with Gasteiger partial charge in [-0.3, -0.25) is 4.79 Å². The molecule has 0 aromatic heterocycles. The van der Waals surface area contributed by atoms with Gasteiger partial charge >= 0.3 is 0 Å². The average molecular weight is 286 g/mol. The van der Waals surface area contributed by atoms with Crippen LogP contribution < -0.4 is 0 Å². The summed E-state index contributed by atoms with van der Waals surface area (Å²) in [6.07, 6.45) is 4.04. The van der Waals surface area contributed by atoms with Crippen molar-refractivity contribution >= 4 is 5.78 Å². The maximum atomic E-state index is 12.4. The molecule has 116 valence electrons. The fraction of sp³-hybridized carbons (Fsp3) is 0.650. The Labute approximate surface area is 130 Å². The van der Waals surface area contributed by atoms with E-state index in [2.05, 4.69) is 58.9 Å². The number of Topliss-reactive ketones (excluding diaryl/α,β-unsaturated/α-hetero) is 1. The number of hydrogen-bond donors (Lipinski definition) is 0. The molecule has 1 aliphatic carbocycles. The summed E-state index contributed by atoms with van der Waals surface area (Å²) >= 11 is 0. The quantitative estimate of drug-likeness (QED) is 0.726. The van der Waals surface area contributed by atoms with Gasteiger partial charge in [0.15, 0.2) is 0 Å². The Hall–Kier alpha value is -1.11. The second kappa shape index (κ2) is 6.34. The minimum absolute atomic E-state index is 0.0660.